The minimum absolute atomic E-state index is 0.153. The largest absolute Gasteiger partial charge is 0.395 e. The lowest BCUT2D eigenvalue weighted by Gasteiger charge is -2.21. The molecular weight excluding hydrogens is 245 g/mol. The van der Waals surface area contributed by atoms with Gasteiger partial charge in [-0.2, -0.15) is 18.3 Å². The minimum atomic E-state index is -4.26. The molecule has 96 valence electrons. The summed E-state index contributed by atoms with van der Waals surface area (Å²) in [5.41, 5.74) is 1.10. The van der Waals surface area contributed by atoms with Gasteiger partial charge >= 0.3 is 6.18 Å². The molecule has 6 heteroatoms. The van der Waals surface area contributed by atoms with Crippen molar-refractivity contribution in [1.29, 1.82) is 0 Å². The zero-order valence-electron chi connectivity index (χ0n) is 9.58. The molecule has 0 spiro atoms. The van der Waals surface area contributed by atoms with Crippen molar-refractivity contribution in [2.45, 2.75) is 19.5 Å². The molecule has 0 bridgehead atoms. The minimum Gasteiger partial charge on any atom is -0.268 e. The fourth-order valence-electron chi connectivity index (χ4n) is 1.90. The van der Waals surface area contributed by atoms with E-state index in [9.17, 15) is 18.0 Å². The number of hydrogen-bond acceptors (Lipinski definition) is 2. The Hall–Kier alpha value is -1.85. The van der Waals surface area contributed by atoms with E-state index in [2.05, 4.69) is 10.2 Å². The van der Waals surface area contributed by atoms with Gasteiger partial charge in [0, 0.05) is 6.07 Å². The smallest absolute Gasteiger partial charge is 0.268 e. The van der Waals surface area contributed by atoms with E-state index in [1.54, 1.807) is 13.0 Å². The van der Waals surface area contributed by atoms with Crippen LogP contribution < -0.4 is 5.56 Å². The number of halogens is 3. The number of nitrogens with zero attached hydrogens (tertiary/aromatic N) is 1. The van der Waals surface area contributed by atoms with Crippen molar-refractivity contribution in [3.63, 3.8) is 0 Å². The molecule has 18 heavy (non-hydrogen) atoms. The third-order valence-electron chi connectivity index (χ3n) is 2.80. The molecule has 1 unspecified atom stereocenters. The van der Waals surface area contributed by atoms with Gasteiger partial charge in [-0.3, -0.25) is 4.79 Å². The van der Waals surface area contributed by atoms with Crippen LogP contribution in [0.2, 0.25) is 0 Å². The fourth-order valence-corrected chi connectivity index (χ4v) is 1.90. The maximum atomic E-state index is 12.6. The molecule has 0 radical (unpaired) electrons. The SMILES string of the molecule is Cc1cc(=O)[nH]nc1C1=CC=CC(C(F)(F)F)C1. The molecule has 1 heterocycles. The third kappa shape index (κ3) is 2.52. The molecule has 1 aromatic heterocycles. The first-order valence-electron chi connectivity index (χ1n) is 5.38. The van der Waals surface area contributed by atoms with E-state index < -0.39 is 12.1 Å². The third-order valence-corrected chi connectivity index (χ3v) is 2.80. The van der Waals surface area contributed by atoms with Crippen molar-refractivity contribution >= 4 is 5.57 Å². The van der Waals surface area contributed by atoms with Crippen molar-refractivity contribution in [2.24, 2.45) is 5.92 Å². The highest BCUT2D eigenvalue weighted by molar-refractivity contribution is 5.67. The standard InChI is InChI=1S/C12H11F3N2O/c1-7-5-10(18)16-17-11(7)8-3-2-4-9(6-8)12(13,14)15/h2-5,9H,6H2,1H3,(H,16,18). The Morgan fingerprint density at radius 1 is 1.44 bits per heavy atom. The van der Waals surface area contributed by atoms with Gasteiger partial charge in [-0.1, -0.05) is 18.2 Å². The summed E-state index contributed by atoms with van der Waals surface area (Å²) >= 11 is 0. The van der Waals surface area contributed by atoms with Crippen molar-refractivity contribution < 1.29 is 13.2 Å². The van der Waals surface area contributed by atoms with Gasteiger partial charge in [0.1, 0.15) is 0 Å². The van der Waals surface area contributed by atoms with Crippen LogP contribution in [0.25, 0.3) is 5.57 Å². The lowest BCUT2D eigenvalue weighted by Crippen LogP contribution is -2.23. The van der Waals surface area contributed by atoms with Gasteiger partial charge in [0.15, 0.2) is 0 Å². The van der Waals surface area contributed by atoms with Crippen LogP contribution in [0.1, 0.15) is 17.7 Å². The van der Waals surface area contributed by atoms with Gasteiger partial charge in [-0.15, -0.1) is 0 Å². The van der Waals surface area contributed by atoms with Crippen LogP contribution in [0.4, 0.5) is 13.2 Å². The van der Waals surface area contributed by atoms with E-state index in [1.807, 2.05) is 0 Å². The normalized spacial score (nSPS) is 19.8. The first kappa shape index (κ1) is 12.6. The predicted octanol–water partition coefficient (Wildman–Crippen LogP) is 2.60. The summed E-state index contributed by atoms with van der Waals surface area (Å²) in [6, 6.07) is 1.32. The summed E-state index contributed by atoms with van der Waals surface area (Å²) in [7, 11) is 0. The van der Waals surface area contributed by atoms with Crippen molar-refractivity contribution in [3.8, 4) is 0 Å². The Labute approximate surface area is 101 Å². The van der Waals surface area contributed by atoms with E-state index in [0.29, 0.717) is 16.8 Å². The monoisotopic (exact) mass is 256 g/mol. The Balaban J connectivity index is 2.33. The van der Waals surface area contributed by atoms with E-state index in [4.69, 9.17) is 0 Å². The molecule has 1 N–H and O–H groups in total. The molecule has 0 aliphatic heterocycles. The average molecular weight is 256 g/mol. The second-order valence-electron chi connectivity index (χ2n) is 4.19. The van der Waals surface area contributed by atoms with Gasteiger partial charge in [0.05, 0.1) is 11.6 Å². The van der Waals surface area contributed by atoms with Crippen LogP contribution in [0.3, 0.4) is 0 Å². The molecule has 0 amide bonds. The number of nitrogens with one attached hydrogen (secondary N) is 1. The van der Waals surface area contributed by atoms with Crippen LogP contribution in [-0.4, -0.2) is 16.4 Å². The van der Waals surface area contributed by atoms with Gasteiger partial charge in [0.25, 0.3) is 5.56 Å². The van der Waals surface area contributed by atoms with Crippen LogP contribution in [0.15, 0.2) is 29.1 Å². The summed E-state index contributed by atoms with van der Waals surface area (Å²) in [6.45, 7) is 1.65. The van der Waals surface area contributed by atoms with Gasteiger partial charge in [-0.05, 0) is 24.5 Å². The quantitative estimate of drug-likeness (QED) is 0.839. The summed E-state index contributed by atoms with van der Waals surface area (Å²) in [6.07, 6.45) is -0.310. The Bertz CT molecular complexity index is 569. The molecule has 2 rings (SSSR count). The van der Waals surface area contributed by atoms with Crippen LogP contribution in [0.5, 0.6) is 0 Å². The second kappa shape index (κ2) is 4.44. The maximum Gasteiger partial charge on any atom is 0.395 e. The molecule has 1 aromatic rings. The zero-order valence-corrected chi connectivity index (χ0v) is 9.58. The predicted molar refractivity (Wildman–Crippen MR) is 60.9 cm³/mol. The summed E-state index contributed by atoms with van der Waals surface area (Å²) in [5, 5.41) is 6.05. The Kier molecular flexibility index (Phi) is 3.11. The Morgan fingerprint density at radius 3 is 2.78 bits per heavy atom. The van der Waals surface area contributed by atoms with Crippen LogP contribution in [-0.2, 0) is 0 Å². The molecule has 3 nitrogen and oxygen atoms in total. The molecular formula is C12H11F3N2O. The highest BCUT2D eigenvalue weighted by atomic mass is 19.4. The van der Waals surface area contributed by atoms with Crippen LogP contribution in [0, 0.1) is 12.8 Å². The molecule has 0 fully saturated rings. The molecule has 1 atom stereocenters. The highest BCUT2D eigenvalue weighted by Crippen LogP contribution is 2.37. The first-order chi connectivity index (χ1) is 8.38. The number of hydrogen-bond donors (Lipinski definition) is 1. The maximum absolute atomic E-state index is 12.6. The van der Waals surface area contributed by atoms with Crippen molar-refractivity contribution in [2.75, 3.05) is 0 Å². The van der Waals surface area contributed by atoms with E-state index in [1.165, 1.54) is 12.1 Å². The summed E-state index contributed by atoms with van der Waals surface area (Å²) < 4.78 is 37.9. The number of H-pyrrole nitrogens is 1. The number of allylic oxidation sites excluding steroid dienone is 4. The van der Waals surface area contributed by atoms with E-state index >= 15 is 0 Å². The summed E-state index contributed by atoms with van der Waals surface area (Å²) in [4.78, 5) is 11.0. The fraction of sp³-hybridized carbons (Fsp3) is 0.333. The number of rotatable bonds is 1. The van der Waals surface area contributed by atoms with E-state index in [0.717, 1.165) is 6.08 Å². The zero-order chi connectivity index (χ0) is 13.3. The number of aromatic nitrogens is 2. The number of alkyl halides is 3. The van der Waals surface area contributed by atoms with Crippen molar-refractivity contribution in [1.82, 2.24) is 10.2 Å². The number of aryl methyl sites for hydroxylation is 1. The summed E-state index contributed by atoms with van der Waals surface area (Å²) in [5.74, 6) is -1.49. The number of aromatic amines is 1. The van der Waals surface area contributed by atoms with Gasteiger partial charge in [0.2, 0.25) is 0 Å². The average Bonchev–Trinajstić information content (AvgIpc) is 2.28. The first-order valence-corrected chi connectivity index (χ1v) is 5.38. The molecule has 0 aromatic carbocycles. The molecule has 1 aliphatic rings. The van der Waals surface area contributed by atoms with Gasteiger partial charge < -0.3 is 0 Å². The highest BCUT2D eigenvalue weighted by Gasteiger charge is 2.39. The van der Waals surface area contributed by atoms with Crippen LogP contribution >= 0.6 is 0 Å². The van der Waals surface area contributed by atoms with Gasteiger partial charge in [-0.25, -0.2) is 5.10 Å². The second-order valence-corrected chi connectivity index (χ2v) is 4.19. The van der Waals surface area contributed by atoms with E-state index in [-0.39, 0.29) is 12.0 Å². The lowest BCUT2D eigenvalue weighted by molar-refractivity contribution is -0.159. The Morgan fingerprint density at radius 2 is 2.17 bits per heavy atom. The topological polar surface area (TPSA) is 45.8 Å². The molecule has 0 saturated heterocycles. The molecule has 1 aliphatic carbocycles. The molecule has 0 saturated carbocycles. The lowest BCUT2D eigenvalue weighted by atomic mass is 9.90. The van der Waals surface area contributed by atoms with Crippen molar-refractivity contribution in [3.05, 3.63) is 45.9 Å².